The van der Waals surface area contributed by atoms with E-state index in [0.717, 1.165) is 38.5 Å². The van der Waals surface area contributed by atoms with Gasteiger partial charge in [0.2, 0.25) is 0 Å². The molecule has 8 heteroatoms. The van der Waals surface area contributed by atoms with Gasteiger partial charge in [0.15, 0.2) is 11.5 Å². The molecule has 1 N–H and O–H groups in total. The first kappa shape index (κ1) is 16.3. The summed E-state index contributed by atoms with van der Waals surface area (Å²) in [7, 11) is 0. The zero-order valence-corrected chi connectivity index (χ0v) is 12.3. The van der Waals surface area contributed by atoms with E-state index >= 15 is 0 Å². The largest absolute Gasteiger partial charge is 0.437 e. The first-order valence-corrected chi connectivity index (χ1v) is 6.84. The van der Waals surface area contributed by atoms with Crippen molar-refractivity contribution in [3.8, 4) is 0 Å². The van der Waals surface area contributed by atoms with Gasteiger partial charge in [-0.25, -0.2) is 9.97 Å². The van der Waals surface area contributed by atoms with E-state index in [0.29, 0.717) is 13.1 Å². The van der Waals surface area contributed by atoms with Crippen molar-refractivity contribution in [2.24, 2.45) is 5.41 Å². The summed E-state index contributed by atoms with van der Waals surface area (Å²) in [5.41, 5.74) is -0.725. The van der Waals surface area contributed by atoms with Gasteiger partial charge >= 0.3 is 6.18 Å². The highest BCUT2D eigenvalue weighted by Gasteiger charge is 2.43. The van der Waals surface area contributed by atoms with Crippen LogP contribution in [0.25, 0.3) is 0 Å². The number of aromatic nitrogens is 2. The Balaban J connectivity index is 0.00000161. The maximum atomic E-state index is 13.0. The molecule has 0 amide bonds. The van der Waals surface area contributed by atoms with E-state index in [1.165, 1.54) is 6.20 Å². The predicted octanol–water partition coefficient (Wildman–Crippen LogP) is 2.50. The standard InChI is InChI=1S/C13H17F3N4.ClH/c14-13(15,16)10-11(19-7-6-18-10)20-8-3-12(9-20)1-4-17-5-2-12;/h6-7,17H,1-5,8-9H2;1H. The highest BCUT2D eigenvalue weighted by Crippen LogP contribution is 2.42. The second kappa shape index (κ2) is 5.96. The molecular formula is C13H18ClF3N4. The molecule has 2 aliphatic rings. The molecule has 2 fully saturated rings. The second-order valence-electron chi connectivity index (χ2n) is 5.65. The SMILES string of the molecule is Cl.FC(F)(F)c1nccnc1N1CCC2(CCNCC2)C1. The Morgan fingerprint density at radius 2 is 1.76 bits per heavy atom. The Morgan fingerprint density at radius 3 is 2.43 bits per heavy atom. The number of nitrogens with one attached hydrogen (secondary N) is 1. The van der Waals surface area contributed by atoms with E-state index in [9.17, 15) is 13.2 Å². The summed E-state index contributed by atoms with van der Waals surface area (Å²) in [5.74, 6) is -0.0181. The molecule has 118 valence electrons. The van der Waals surface area contributed by atoms with E-state index in [4.69, 9.17) is 0 Å². The minimum atomic E-state index is -4.45. The molecule has 1 aromatic heterocycles. The number of anilines is 1. The molecular weight excluding hydrogens is 305 g/mol. The number of alkyl halides is 3. The van der Waals surface area contributed by atoms with E-state index in [1.54, 1.807) is 4.90 Å². The van der Waals surface area contributed by atoms with Crippen molar-refractivity contribution >= 4 is 18.2 Å². The van der Waals surface area contributed by atoms with Crippen molar-refractivity contribution < 1.29 is 13.2 Å². The van der Waals surface area contributed by atoms with Crippen LogP contribution in [-0.4, -0.2) is 36.1 Å². The Kier molecular flexibility index (Phi) is 4.63. The molecule has 3 heterocycles. The van der Waals surface area contributed by atoms with Gasteiger partial charge in [0, 0.05) is 25.5 Å². The maximum absolute atomic E-state index is 13.0. The zero-order chi connectivity index (χ0) is 14.2. The lowest BCUT2D eigenvalue weighted by atomic mass is 9.78. The lowest BCUT2D eigenvalue weighted by Crippen LogP contribution is -2.39. The topological polar surface area (TPSA) is 41.1 Å². The van der Waals surface area contributed by atoms with Crippen LogP contribution in [0.4, 0.5) is 19.0 Å². The molecule has 0 radical (unpaired) electrons. The lowest BCUT2D eigenvalue weighted by molar-refractivity contribution is -0.140. The minimum Gasteiger partial charge on any atom is -0.354 e. The molecule has 21 heavy (non-hydrogen) atoms. The highest BCUT2D eigenvalue weighted by molar-refractivity contribution is 5.85. The number of halogens is 4. The van der Waals surface area contributed by atoms with E-state index in [-0.39, 0.29) is 23.6 Å². The molecule has 0 unspecified atom stereocenters. The van der Waals surface area contributed by atoms with E-state index < -0.39 is 11.9 Å². The number of hydrogen-bond acceptors (Lipinski definition) is 4. The van der Waals surface area contributed by atoms with Gasteiger partial charge in [-0.05, 0) is 37.8 Å². The lowest BCUT2D eigenvalue weighted by Gasteiger charge is -2.34. The fourth-order valence-electron chi connectivity index (χ4n) is 3.24. The van der Waals surface area contributed by atoms with Crippen LogP contribution < -0.4 is 10.2 Å². The van der Waals surface area contributed by atoms with Crippen LogP contribution in [0.3, 0.4) is 0 Å². The molecule has 0 atom stereocenters. The number of piperidine rings is 1. The minimum absolute atomic E-state index is 0. The van der Waals surface area contributed by atoms with Gasteiger partial charge in [0.05, 0.1) is 0 Å². The summed E-state index contributed by atoms with van der Waals surface area (Å²) in [4.78, 5) is 9.17. The quantitative estimate of drug-likeness (QED) is 0.862. The Bertz CT molecular complexity index is 489. The summed E-state index contributed by atoms with van der Waals surface area (Å²) in [6, 6.07) is 0. The summed E-state index contributed by atoms with van der Waals surface area (Å²) in [6.07, 6.45) is 0.951. The molecule has 3 rings (SSSR count). The molecule has 0 bridgehead atoms. The van der Waals surface area contributed by atoms with Gasteiger partial charge in [-0.2, -0.15) is 13.2 Å². The second-order valence-corrected chi connectivity index (χ2v) is 5.65. The van der Waals surface area contributed by atoms with Crippen molar-refractivity contribution in [2.75, 3.05) is 31.1 Å². The van der Waals surface area contributed by atoms with Crippen molar-refractivity contribution in [1.29, 1.82) is 0 Å². The fraction of sp³-hybridized carbons (Fsp3) is 0.692. The van der Waals surface area contributed by atoms with Gasteiger partial charge in [0.25, 0.3) is 0 Å². The van der Waals surface area contributed by atoms with Gasteiger partial charge in [-0.3, -0.25) is 0 Å². The van der Waals surface area contributed by atoms with Crippen LogP contribution in [0.5, 0.6) is 0 Å². The maximum Gasteiger partial charge on any atom is 0.437 e. The Hall–Kier alpha value is -1.08. The first-order valence-electron chi connectivity index (χ1n) is 6.84. The van der Waals surface area contributed by atoms with Crippen molar-refractivity contribution in [2.45, 2.75) is 25.4 Å². The molecule has 1 spiro atoms. The molecule has 4 nitrogen and oxygen atoms in total. The average Bonchev–Trinajstić information content (AvgIpc) is 2.82. The molecule has 1 aromatic rings. The molecule has 0 saturated carbocycles. The zero-order valence-electron chi connectivity index (χ0n) is 11.5. The summed E-state index contributed by atoms with van der Waals surface area (Å²) < 4.78 is 39.0. The molecule has 2 aliphatic heterocycles. The van der Waals surface area contributed by atoms with Gasteiger partial charge < -0.3 is 10.2 Å². The van der Waals surface area contributed by atoms with E-state index in [1.807, 2.05) is 0 Å². The smallest absolute Gasteiger partial charge is 0.354 e. The van der Waals surface area contributed by atoms with Crippen molar-refractivity contribution in [3.63, 3.8) is 0 Å². The highest BCUT2D eigenvalue weighted by atomic mass is 35.5. The average molecular weight is 323 g/mol. The van der Waals surface area contributed by atoms with E-state index in [2.05, 4.69) is 15.3 Å². The van der Waals surface area contributed by atoms with Crippen LogP contribution in [0.2, 0.25) is 0 Å². The van der Waals surface area contributed by atoms with Crippen molar-refractivity contribution in [3.05, 3.63) is 18.1 Å². The number of rotatable bonds is 1. The first-order chi connectivity index (χ1) is 9.50. The third-order valence-corrected chi connectivity index (χ3v) is 4.35. The summed E-state index contributed by atoms with van der Waals surface area (Å²) in [6.45, 7) is 3.17. The van der Waals surface area contributed by atoms with Crippen molar-refractivity contribution in [1.82, 2.24) is 15.3 Å². The van der Waals surface area contributed by atoms with Gasteiger partial charge in [-0.15, -0.1) is 12.4 Å². The summed E-state index contributed by atoms with van der Waals surface area (Å²) >= 11 is 0. The van der Waals surface area contributed by atoms with Gasteiger partial charge in [0.1, 0.15) is 0 Å². The molecule has 0 aliphatic carbocycles. The van der Waals surface area contributed by atoms with Gasteiger partial charge in [-0.1, -0.05) is 0 Å². The molecule has 0 aromatic carbocycles. The monoisotopic (exact) mass is 322 g/mol. The van der Waals surface area contributed by atoms with Crippen LogP contribution in [0.15, 0.2) is 12.4 Å². The Morgan fingerprint density at radius 1 is 1.10 bits per heavy atom. The van der Waals surface area contributed by atoms with Crippen LogP contribution in [0.1, 0.15) is 25.0 Å². The molecule has 2 saturated heterocycles. The third kappa shape index (κ3) is 3.23. The number of hydrogen-bond donors (Lipinski definition) is 1. The number of nitrogens with zero attached hydrogens (tertiary/aromatic N) is 3. The fourth-order valence-corrected chi connectivity index (χ4v) is 3.24. The predicted molar refractivity (Wildman–Crippen MR) is 75.6 cm³/mol. The Labute approximate surface area is 127 Å². The van der Waals surface area contributed by atoms with Crippen LogP contribution in [-0.2, 0) is 6.18 Å². The van der Waals surface area contributed by atoms with Crippen LogP contribution >= 0.6 is 12.4 Å². The van der Waals surface area contributed by atoms with Crippen LogP contribution in [0, 0.1) is 5.41 Å². The third-order valence-electron chi connectivity index (χ3n) is 4.35. The summed E-state index contributed by atoms with van der Waals surface area (Å²) in [5, 5.41) is 3.30. The normalized spacial score (nSPS) is 21.4.